The van der Waals surface area contributed by atoms with Gasteiger partial charge in [-0.25, -0.2) is 13.8 Å². The molecule has 0 spiro atoms. The molecule has 0 aliphatic rings. The first-order chi connectivity index (χ1) is 9.07. The summed E-state index contributed by atoms with van der Waals surface area (Å²) in [6.45, 7) is 7.58. The first-order valence-corrected chi connectivity index (χ1v) is 6.85. The molecule has 19 heavy (non-hydrogen) atoms. The minimum Gasteiger partial charge on any atom is -0.371 e. The van der Waals surface area contributed by atoms with Crippen molar-refractivity contribution in [3.05, 3.63) is 17.7 Å². The summed E-state index contributed by atoms with van der Waals surface area (Å²) in [5.74, 6) is -0.476. The minimum atomic E-state index is -0.665. The monoisotopic (exact) mass is 271 g/mol. The van der Waals surface area contributed by atoms with Crippen molar-refractivity contribution in [1.82, 2.24) is 4.98 Å². The fraction of sp³-hybridized carbons (Fsp3) is 0.643. The highest BCUT2D eigenvalue weighted by Gasteiger charge is 2.18. The molecule has 0 amide bonds. The van der Waals surface area contributed by atoms with E-state index in [2.05, 4.69) is 24.1 Å². The van der Waals surface area contributed by atoms with Crippen LogP contribution in [0.15, 0.2) is 6.07 Å². The average molecular weight is 271 g/mol. The molecule has 1 aromatic rings. The van der Waals surface area contributed by atoms with Crippen LogP contribution in [0.1, 0.15) is 33.6 Å². The van der Waals surface area contributed by atoms with Gasteiger partial charge in [0.2, 0.25) is 0 Å². The lowest BCUT2D eigenvalue weighted by molar-refractivity contribution is 0.478. The zero-order chi connectivity index (χ0) is 14.4. The highest BCUT2D eigenvalue weighted by molar-refractivity contribution is 5.49. The van der Waals surface area contributed by atoms with E-state index in [0.29, 0.717) is 12.5 Å². The quantitative estimate of drug-likeness (QED) is 0.820. The van der Waals surface area contributed by atoms with Crippen LogP contribution in [0.4, 0.5) is 20.4 Å². The zero-order valence-corrected chi connectivity index (χ0v) is 12.1. The molecule has 0 aliphatic carbocycles. The van der Waals surface area contributed by atoms with Crippen LogP contribution >= 0.6 is 0 Å². The number of anilines is 2. The maximum absolute atomic E-state index is 13.9. The van der Waals surface area contributed by atoms with E-state index >= 15 is 0 Å². The zero-order valence-electron chi connectivity index (χ0n) is 12.1. The SMILES string of the molecule is CCC(CC)CN(CC)c1nc(NC)c(F)cc1F. The number of rotatable bonds is 7. The Morgan fingerprint density at radius 1 is 1.21 bits per heavy atom. The maximum atomic E-state index is 13.9. The molecule has 0 fully saturated rings. The molecular weight excluding hydrogens is 248 g/mol. The molecule has 0 saturated carbocycles. The van der Waals surface area contributed by atoms with E-state index in [4.69, 9.17) is 0 Å². The predicted molar refractivity (Wildman–Crippen MR) is 75.7 cm³/mol. The predicted octanol–water partition coefficient (Wildman–Crippen LogP) is 3.66. The molecule has 3 nitrogen and oxygen atoms in total. The van der Waals surface area contributed by atoms with Crippen molar-refractivity contribution in [2.45, 2.75) is 33.6 Å². The Balaban J connectivity index is 3.03. The van der Waals surface area contributed by atoms with Gasteiger partial charge in [0.1, 0.15) is 0 Å². The van der Waals surface area contributed by atoms with Crippen molar-refractivity contribution in [3.8, 4) is 0 Å². The van der Waals surface area contributed by atoms with E-state index in [9.17, 15) is 8.78 Å². The average Bonchev–Trinajstić information content (AvgIpc) is 2.41. The largest absolute Gasteiger partial charge is 0.371 e. The van der Waals surface area contributed by atoms with Gasteiger partial charge < -0.3 is 10.2 Å². The van der Waals surface area contributed by atoms with E-state index in [1.807, 2.05) is 11.8 Å². The third-order valence-electron chi connectivity index (χ3n) is 3.46. The fourth-order valence-electron chi connectivity index (χ4n) is 2.08. The first kappa shape index (κ1) is 15.7. The molecule has 0 aromatic carbocycles. The molecule has 108 valence electrons. The second kappa shape index (κ2) is 7.26. The first-order valence-electron chi connectivity index (χ1n) is 6.85. The van der Waals surface area contributed by atoms with Gasteiger partial charge in [0.25, 0.3) is 0 Å². The molecule has 1 N–H and O–H groups in total. The molecule has 0 atom stereocenters. The molecule has 1 aromatic heterocycles. The maximum Gasteiger partial charge on any atom is 0.168 e. The van der Waals surface area contributed by atoms with Crippen LogP contribution < -0.4 is 10.2 Å². The smallest absolute Gasteiger partial charge is 0.168 e. The summed E-state index contributed by atoms with van der Waals surface area (Å²) in [6, 6.07) is 0.893. The van der Waals surface area contributed by atoms with Gasteiger partial charge in [-0.3, -0.25) is 0 Å². The molecule has 0 bridgehead atoms. The summed E-state index contributed by atoms with van der Waals surface area (Å²) in [5, 5.41) is 2.64. The van der Waals surface area contributed by atoms with Crippen LogP contribution in [-0.2, 0) is 0 Å². The van der Waals surface area contributed by atoms with Crippen LogP contribution in [0.5, 0.6) is 0 Å². The minimum absolute atomic E-state index is 0.0828. The molecule has 0 radical (unpaired) electrons. The second-order valence-corrected chi connectivity index (χ2v) is 4.60. The fourth-order valence-corrected chi connectivity index (χ4v) is 2.08. The summed E-state index contributed by atoms with van der Waals surface area (Å²) >= 11 is 0. The van der Waals surface area contributed by atoms with Gasteiger partial charge in [0.15, 0.2) is 23.3 Å². The lowest BCUT2D eigenvalue weighted by atomic mass is 10.0. The van der Waals surface area contributed by atoms with Crippen molar-refractivity contribution in [3.63, 3.8) is 0 Å². The molecule has 0 saturated heterocycles. The highest BCUT2D eigenvalue weighted by Crippen LogP contribution is 2.23. The molecule has 1 rings (SSSR count). The Morgan fingerprint density at radius 3 is 2.32 bits per heavy atom. The Kier molecular flexibility index (Phi) is 5.99. The van der Waals surface area contributed by atoms with Crippen molar-refractivity contribution in [2.75, 3.05) is 30.4 Å². The number of aromatic nitrogens is 1. The highest BCUT2D eigenvalue weighted by atomic mass is 19.1. The Hall–Kier alpha value is -1.39. The van der Waals surface area contributed by atoms with Crippen LogP contribution in [0, 0.1) is 17.6 Å². The summed E-state index contributed by atoms with van der Waals surface area (Å²) in [5.41, 5.74) is 0. The van der Waals surface area contributed by atoms with Crippen molar-refractivity contribution >= 4 is 11.6 Å². The molecule has 0 unspecified atom stereocenters. The van der Waals surface area contributed by atoms with Crippen LogP contribution in [0.2, 0.25) is 0 Å². The summed E-state index contributed by atoms with van der Waals surface area (Å²) in [6.07, 6.45) is 2.07. The van der Waals surface area contributed by atoms with Gasteiger partial charge in [-0.05, 0) is 12.8 Å². The number of hydrogen-bond donors (Lipinski definition) is 1. The number of halogens is 2. The van der Waals surface area contributed by atoms with Crippen LogP contribution in [-0.4, -0.2) is 25.1 Å². The number of pyridine rings is 1. The van der Waals surface area contributed by atoms with Gasteiger partial charge in [-0.2, -0.15) is 0 Å². The van der Waals surface area contributed by atoms with Gasteiger partial charge >= 0.3 is 0 Å². The number of hydrogen-bond acceptors (Lipinski definition) is 3. The van der Waals surface area contributed by atoms with Crippen molar-refractivity contribution < 1.29 is 8.78 Å². The topological polar surface area (TPSA) is 28.2 Å². The second-order valence-electron chi connectivity index (χ2n) is 4.60. The third-order valence-corrected chi connectivity index (χ3v) is 3.46. The standard InChI is InChI=1S/C14H23F2N3/c1-5-10(6-2)9-19(7-3)14-12(16)8-11(15)13(17-4)18-14/h8,10H,5-7,9H2,1-4H3,(H,17,18). The molecule has 0 aliphatic heterocycles. The van der Waals surface area contributed by atoms with Gasteiger partial charge in [0.05, 0.1) is 0 Å². The van der Waals surface area contributed by atoms with E-state index < -0.39 is 11.6 Å². The van der Waals surface area contributed by atoms with Gasteiger partial charge in [0, 0.05) is 26.2 Å². The Morgan fingerprint density at radius 2 is 1.84 bits per heavy atom. The lowest BCUT2D eigenvalue weighted by Gasteiger charge is -2.27. The van der Waals surface area contributed by atoms with Crippen molar-refractivity contribution in [2.24, 2.45) is 5.92 Å². The molecular formula is C14H23F2N3. The van der Waals surface area contributed by atoms with Gasteiger partial charge in [-0.15, -0.1) is 0 Å². The summed E-state index contributed by atoms with van der Waals surface area (Å²) in [7, 11) is 1.57. The lowest BCUT2D eigenvalue weighted by Crippen LogP contribution is -2.30. The van der Waals surface area contributed by atoms with Crippen molar-refractivity contribution in [1.29, 1.82) is 0 Å². The summed E-state index contributed by atoms with van der Waals surface area (Å²) in [4.78, 5) is 5.92. The van der Waals surface area contributed by atoms with Gasteiger partial charge in [-0.1, -0.05) is 26.7 Å². The Bertz CT molecular complexity index is 406. The molecule has 1 heterocycles. The van der Waals surface area contributed by atoms with Crippen LogP contribution in [0.25, 0.3) is 0 Å². The van der Waals surface area contributed by atoms with E-state index in [-0.39, 0.29) is 11.6 Å². The normalized spacial score (nSPS) is 10.9. The Labute approximate surface area is 114 Å². The van der Waals surface area contributed by atoms with E-state index in [1.54, 1.807) is 7.05 Å². The molecule has 5 heteroatoms. The number of nitrogens with zero attached hydrogens (tertiary/aromatic N) is 2. The summed E-state index contributed by atoms with van der Waals surface area (Å²) < 4.78 is 27.3. The van der Waals surface area contributed by atoms with E-state index in [0.717, 1.165) is 25.5 Å². The third kappa shape index (κ3) is 3.78. The van der Waals surface area contributed by atoms with Crippen LogP contribution in [0.3, 0.4) is 0 Å². The number of nitrogens with one attached hydrogen (secondary N) is 1. The van der Waals surface area contributed by atoms with E-state index in [1.165, 1.54) is 0 Å².